The van der Waals surface area contributed by atoms with Crippen LogP contribution in [0.1, 0.15) is 33.0 Å². The molecule has 3 heterocycles. The molecule has 1 aromatic carbocycles. The van der Waals surface area contributed by atoms with Crippen LogP contribution in [0, 0.1) is 13.8 Å². The van der Waals surface area contributed by atoms with Crippen LogP contribution in [0.15, 0.2) is 48.8 Å². The second kappa shape index (κ2) is 15.0. The molecule has 0 atom stereocenters. The van der Waals surface area contributed by atoms with Crippen molar-refractivity contribution in [2.24, 2.45) is 7.05 Å². The first-order valence-corrected chi connectivity index (χ1v) is 16.5. The molecule has 0 radical (unpaired) electrons. The Morgan fingerprint density at radius 3 is 1.86 bits per heavy atom. The van der Waals surface area contributed by atoms with E-state index in [1.807, 2.05) is 55.3 Å². The molecule has 1 fully saturated rings. The van der Waals surface area contributed by atoms with Crippen LogP contribution < -0.4 is 4.90 Å². The van der Waals surface area contributed by atoms with Gasteiger partial charge in [-0.2, -0.15) is 16.8 Å². The summed E-state index contributed by atoms with van der Waals surface area (Å²) in [5, 5.41) is 0. The Morgan fingerprint density at radius 1 is 0.833 bits per heavy atom. The Morgan fingerprint density at radius 2 is 1.36 bits per heavy atom. The minimum Gasteiger partial charge on any atom is -0.353 e. The van der Waals surface area contributed by atoms with Crippen molar-refractivity contribution in [2.75, 3.05) is 43.6 Å². The number of Topliss-reactive ketones (excluding diaryl/α,β-unsaturated/α-hetero) is 1. The zero-order valence-electron chi connectivity index (χ0n) is 24.3. The normalized spacial score (nSPS) is 13.4. The molecule has 1 aliphatic heterocycles. The third-order valence-electron chi connectivity index (χ3n) is 5.80. The van der Waals surface area contributed by atoms with E-state index in [0.717, 1.165) is 30.0 Å². The van der Waals surface area contributed by atoms with Gasteiger partial charge in [0.1, 0.15) is 11.6 Å². The first-order valence-electron chi connectivity index (χ1n) is 12.8. The number of carbonyl (C=O) groups is 2. The average Bonchev–Trinajstić information content (AvgIpc) is 3.23. The van der Waals surface area contributed by atoms with Gasteiger partial charge in [-0.15, -0.1) is 0 Å². The molecule has 0 unspecified atom stereocenters. The van der Waals surface area contributed by atoms with Crippen molar-refractivity contribution in [1.82, 2.24) is 19.4 Å². The summed E-state index contributed by atoms with van der Waals surface area (Å²) in [4.78, 5) is 38.5. The number of ketones is 1. The molecule has 0 bridgehead atoms. The lowest BCUT2D eigenvalue weighted by Crippen LogP contribution is -2.49. The number of carbonyl (C=O) groups excluding carboxylic acids is 2. The summed E-state index contributed by atoms with van der Waals surface area (Å²) in [5.74, 6) is 1.31. The van der Waals surface area contributed by atoms with Crippen LogP contribution in [0.2, 0.25) is 0 Å². The molecule has 2 N–H and O–H groups in total. The molecule has 13 nitrogen and oxygen atoms in total. The molecule has 3 aromatic rings. The van der Waals surface area contributed by atoms with Gasteiger partial charge in [0.15, 0.2) is 5.82 Å². The minimum atomic E-state index is -3.67. The van der Waals surface area contributed by atoms with Gasteiger partial charge in [-0.3, -0.25) is 18.7 Å². The van der Waals surface area contributed by atoms with Crippen molar-refractivity contribution in [1.29, 1.82) is 0 Å². The SMILES string of the molecule is CS(=O)(=O)O.CS(=O)(=O)O.Cc1ccc(CC(=O)Cc2cn(C)c(C(=O)N3CCN(c4ccc(C)cn4)CC3)n2)cc1. The Hall–Kier alpha value is -3.66. The van der Waals surface area contributed by atoms with Crippen molar-refractivity contribution >= 4 is 37.7 Å². The Labute approximate surface area is 246 Å². The average molecular weight is 624 g/mol. The number of aromatic nitrogens is 3. The van der Waals surface area contributed by atoms with Gasteiger partial charge in [-0.1, -0.05) is 35.9 Å². The molecule has 230 valence electrons. The molecule has 0 spiro atoms. The lowest BCUT2D eigenvalue weighted by atomic mass is 10.0. The molecule has 0 aliphatic carbocycles. The van der Waals surface area contributed by atoms with Crippen LogP contribution >= 0.6 is 0 Å². The van der Waals surface area contributed by atoms with Crippen molar-refractivity contribution in [3.8, 4) is 0 Å². The number of nitrogens with zero attached hydrogens (tertiary/aromatic N) is 5. The third kappa shape index (κ3) is 13.3. The highest BCUT2D eigenvalue weighted by Gasteiger charge is 2.26. The van der Waals surface area contributed by atoms with Gasteiger partial charge < -0.3 is 14.4 Å². The smallest absolute Gasteiger partial charge is 0.289 e. The minimum absolute atomic E-state index is 0.0881. The van der Waals surface area contributed by atoms with Crippen molar-refractivity contribution in [3.05, 3.63) is 77.0 Å². The summed E-state index contributed by atoms with van der Waals surface area (Å²) in [5.41, 5.74) is 3.93. The first-order chi connectivity index (χ1) is 19.4. The van der Waals surface area contributed by atoms with E-state index >= 15 is 0 Å². The predicted molar refractivity (Wildman–Crippen MR) is 159 cm³/mol. The second-order valence-corrected chi connectivity index (χ2v) is 12.9. The van der Waals surface area contributed by atoms with Crippen LogP contribution in [-0.2, 0) is 44.9 Å². The Kier molecular flexibility index (Phi) is 12.3. The molecule has 15 heteroatoms. The number of rotatable bonds is 6. The molecule has 42 heavy (non-hydrogen) atoms. The van der Waals surface area contributed by atoms with Crippen LogP contribution in [0.5, 0.6) is 0 Å². The van der Waals surface area contributed by atoms with E-state index in [4.69, 9.17) is 9.11 Å². The van der Waals surface area contributed by atoms with Gasteiger partial charge in [-0.25, -0.2) is 9.97 Å². The highest BCUT2D eigenvalue weighted by molar-refractivity contribution is 7.85. The van der Waals surface area contributed by atoms with Crippen LogP contribution in [0.4, 0.5) is 5.82 Å². The van der Waals surface area contributed by atoms with Crippen molar-refractivity contribution in [3.63, 3.8) is 0 Å². The number of hydrogen-bond acceptors (Lipinski definition) is 9. The number of hydrogen-bond donors (Lipinski definition) is 2. The molecular weight excluding hydrogens is 586 g/mol. The highest BCUT2D eigenvalue weighted by Crippen LogP contribution is 2.16. The highest BCUT2D eigenvalue weighted by atomic mass is 32.2. The number of amides is 1. The monoisotopic (exact) mass is 623 g/mol. The fraction of sp³-hybridized carbons (Fsp3) is 0.407. The molecule has 1 amide bonds. The van der Waals surface area contributed by atoms with E-state index in [-0.39, 0.29) is 18.1 Å². The number of anilines is 1. The van der Waals surface area contributed by atoms with Crippen molar-refractivity contribution < 1.29 is 35.5 Å². The Balaban J connectivity index is 0.000000533. The summed E-state index contributed by atoms with van der Waals surface area (Å²) >= 11 is 0. The third-order valence-corrected chi connectivity index (χ3v) is 5.80. The van der Waals surface area contributed by atoms with Gasteiger partial charge in [-0.05, 0) is 31.0 Å². The van der Waals surface area contributed by atoms with E-state index in [1.165, 1.54) is 5.56 Å². The quantitative estimate of drug-likeness (QED) is 0.382. The molecule has 1 aliphatic rings. The Bertz CT molecular complexity index is 1520. The standard InChI is InChI=1S/C25H29N5O2.2CH4O3S/c1-18-4-7-20(8-5-18)14-22(31)15-21-17-28(3)24(27-21)25(32)30-12-10-29(11-13-30)23-9-6-19(2)16-26-23;2*1-5(2,3)4/h4-9,16-17H,10-15H2,1-3H3;2*1H3,(H,2,3,4). The number of aryl methyl sites for hydroxylation is 3. The van der Waals surface area contributed by atoms with Gasteiger partial charge >= 0.3 is 0 Å². The summed E-state index contributed by atoms with van der Waals surface area (Å²) in [7, 11) is -5.53. The van der Waals surface area contributed by atoms with Crippen molar-refractivity contribution in [2.45, 2.75) is 26.7 Å². The first kappa shape index (κ1) is 34.5. The van der Waals surface area contributed by atoms with E-state index < -0.39 is 20.2 Å². The van der Waals surface area contributed by atoms with E-state index in [0.29, 0.717) is 43.5 Å². The predicted octanol–water partition coefficient (Wildman–Crippen LogP) is 1.76. The molecule has 0 saturated carbocycles. The lowest BCUT2D eigenvalue weighted by Gasteiger charge is -2.35. The maximum atomic E-state index is 13.1. The molecule has 2 aromatic heterocycles. The van der Waals surface area contributed by atoms with Gasteiger partial charge in [0.25, 0.3) is 26.1 Å². The number of imidazole rings is 1. The maximum Gasteiger partial charge on any atom is 0.289 e. The van der Waals surface area contributed by atoms with Gasteiger partial charge in [0.05, 0.1) is 24.6 Å². The topological polar surface area (TPSA) is 180 Å². The van der Waals surface area contributed by atoms with Crippen LogP contribution in [0.3, 0.4) is 0 Å². The number of benzene rings is 1. The summed E-state index contributed by atoms with van der Waals surface area (Å²) < 4.78 is 53.5. The van der Waals surface area contributed by atoms with E-state index in [2.05, 4.69) is 20.9 Å². The summed E-state index contributed by atoms with van der Waals surface area (Å²) in [6.45, 7) is 6.73. The maximum absolute atomic E-state index is 13.1. The fourth-order valence-electron chi connectivity index (χ4n) is 3.94. The lowest BCUT2D eigenvalue weighted by molar-refractivity contribution is -0.117. The van der Waals surface area contributed by atoms with Crippen LogP contribution in [-0.4, -0.2) is 95.8 Å². The van der Waals surface area contributed by atoms with Crippen LogP contribution in [0.25, 0.3) is 0 Å². The second-order valence-electron chi connectivity index (χ2n) is 9.98. The number of piperazine rings is 1. The van der Waals surface area contributed by atoms with E-state index in [9.17, 15) is 26.4 Å². The fourth-order valence-corrected chi connectivity index (χ4v) is 3.94. The zero-order chi connectivity index (χ0) is 31.7. The molecule has 1 saturated heterocycles. The summed E-state index contributed by atoms with van der Waals surface area (Å²) in [6, 6.07) is 12.0. The molecular formula is C27H37N5O8S2. The van der Waals surface area contributed by atoms with Gasteiger partial charge in [0, 0.05) is 52.0 Å². The number of pyridine rings is 1. The molecule has 4 rings (SSSR count). The summed E-state index contributed by atoms with van der Waals surface area (Å²) in [6.07, 6.45) is 5.67. The van der Waals surface area contributed by atoms with Gasteiger partial charge in [0.2, 0.25) is 0 Å². The largest absolute Gasteiger partial charge is 0.353 e. The van der Waals surface area contributed by atoms with E-state index in [1.54, 1.807) is 17.8 Å². The zero-order valence-corrected chi connectivity index (χ0v) is 25.9.